The minimum atomic E-state index is -0.799. The molecule has 0 aromatic heterocycles. The third kappa shape index (κ3) is 6.17. The molecule has 0 aromatic carbocycles. The molecule has 2 N–H and O–H groups in total. The fraction of sp³-hybridized carbons (Fsp3) is 0.864. The number of rotatable bonds is 1. The predicted octanol–water partition coefficient (Wildman–Crippen LogP) is 1.93. The highest BCUT2D eigenvalue weighted by Gasteiger charge is 2.40. The van der Waals surface area contributed by atoms with Crippen LogP contribution < -0.4 is 5.32 Å². The zero-order valence-electron chi connectivity index (χ0n) is 18.7. The first-order valence-corrected chi connectivity index (χ1v) is 11.1. The van der Waals surface area contributed by atoms with Crippen LogP contribution in [-0.2, 0) is 14.4 Å². The van der Waals surface area contributed by atoms with Gasteiger partial charge in [0.25, 0.3) is 0 Å². The van der Waals surface area contributed by atoms with E-state index in [1.807, 2.05) is 27.7 Å². The van der Waals surface area contributed by atoms with Gasteiger partial charge in [0.15, 0.2) is 0 Å². The predicted molar refractivity (Wildman–Crippen MR) is 112 cm³/mol. The van der Waals surface area contributed by atoms with Gasteiger partial charge in [-0.1, -0.05) is 20.8 Å². The van der Waals surface area contributed by atoms with Crippen LogP contribution in [-0.4, -0.2) is 70.4 Å². The van der Waals surface area contributed by atoms with Gasteiger partial charge in [-0.15, -0.1) is 0 Å². The van der Waals surface area contributed by atoms with Gasteiger partial charge in [-0.25, -0.2) is 0 Å². The number of nitrogens with one attached hydrogen (secondary N) is 1. The Morgan fingerprint density at radius 1 is 1.03 bits per heavy atom. The van der Waals surface area contributed by atoms with Crippen LogP contribution in [0.4, 0.5) is 0 Å². The van der Waals surface area contributed by atoms with Gasteiger partial charge >= 0.3 is 0 Å². The van der Waals surface area contributed by atoms with Crippen molar-refractivity contribution in [1.82, 2.24) is 15.1 Å². The Morgan fingerprint density at radius 2 is 1.69 bits per heavy atom. The van der Waals surface area contributed by atoms with E-state index in [1.165, 1.54) is 0 Å². The van der Waals surface area contributed by atoms with Crippen LogP contribution in [0.15, 0.2) is 0 Å². The molecule has 0 saturated carbocycles. The average molecular weight is 410 g/mol. The molecular formula is C22H39N3O4. The standard InChI is InChI=1S/C22H39N3O4/c1-15(2)18-21(28)25-14-7-10-17(25)20(27)24(5)13-8-12-22(4,29)11-6-9-16(3)19(26)23-18/h15-18,29H,6-14H2,1-5H3,(H,23,26)/t16-,17+,18+,22+/m1/s1. The number of hydrogen-bond acceptors (Lipinski definition) is 4. The van der Waals surface area contributed by atoms with Crippen LogP contribution in [0.25, 0.3) is 0 Å². The summed E-state index contributed by atoms with van der Waals surface area (Å²) in [7, 11) is 1.77. The molecule has 29 heavy (non-hydrogen) atoms. The Morgan fingerprint density at radius 3 is 2.34 bits per heavy atom. The zero-order chi connectivity index (χ0) is 21.8. The van der Waals surface area contributed by atoms with E-state index in [4.69, 9.17) is 0 Å². The monoisotopic (exact) mass is 409 g/mol. The summed E-state index contributed by atoms with van der Waals surface area (Å²) in [5, 5.41) is 13.6. The molecule has 7 heteroatoms. The largest absolute Gasteiger partial charge is 0.390 e. The van der Waals surface area contributed by atoms with Crippen molar-refractivity contribution in [3.8, 4) is 0 Å². The van der Waals surface area contributed by atoms with E-state index in [9.17, 15) is 19.5 Å². The second kappa shape index (κ2) is 9.92. The fourth-order valence-corrected chi connectivity index (χ4v) is 4.38. The van der Waals surface area contributed by atoms with E-state index in [0.29, 0.717) is 45.2 Å². The Bertz CT molecular complexity index is 601. The first-order valence-electron chi connectivity index (χ1n) is 11.1. The highest BCUT2D eigenvalue weighted by Crippen LogP contribution is 2.25. The molecule has 2 aliphatic rings. The van der Waals surface area contributed by atoms with Crippen LogP contribution >= 0.6 is 0 Å². The quantitative estimate of drug-likeness (QED) is 0.692. The smallest absolute Gasteiger partial charge is 0.246 e. The van der Waals surface area contributed by atoms with Crippen molar-refractivity contribution >= 4 is 17.7 Å². The molecule has 0 unspecified atom stereocenters. The Labute approximate surface area is 175 Å². The number of fused-ring (bicyclic) bond motifs is 1. The molecule has 166 valence electrons. The van der Waals surface area contributed by atoms with Gasteiger partial charge < -0.3 is 20.2 Å². The van der Waals surface area contributed by atoms with Crippen molar-refractivity contribution in [1.29, 1.82) is 0 Å². The molecule has 2 fully saturated rings. The van der Waals surface area contributed by atoms with Crippen molar-refractivity contribution in [2.75, 3.05) is 20.1 Å². The maximum absolute atomic E-state index is 13.3. The van der Waals surface area contributed by atoms with Crippen molar-refractivity contribution in [3.63, 3.8) is 0 Å². The zero-order valence-corrected chi connectivity index (χ0v) is 18.7. The van der Waals surface area contributed by atoms with Crippen LogP contribution in [0.5, 0.6) is 0 Å². The third-order valence-corrected chi connectivity index (χ3v) is 6.44. The summed E-state index contributed by atoms with van der Waals surface area (Å²) in [5.41, 5.74) is -0.799. The van der Waals surface area contributed by atoms with Crippen molar-refractivity contribution < 1.29 is 19.5 Å². The Balaban J connectivity index is 2.25. The second-order valence-corrected chi connectivity index (χ2v) is 9.57. The number of hydrogen-bond donors (Lipinski definition) is 2. The number of carbonyl (C=O) groups is 3. The summed E-state index contributed by atoms with van der Waals surface area (Å²) in [5.74, 6) is -0.630. The van der Waals surface area contributed by atoms with E-state index in [-0.39, 0.29) is 29.6 Å². The van der Waals surface area contributed by atoms with E-state index < -0.39 is 17.7 Å². The lowest BCUT2D eigenvalue weighted by Gasteiger charge is -2.33. The molecule has 0 spiro atoms. The first-order chi connectivity index (χ1) is 13.5. The van der Waals surface area contributed by atoms with Crippen LogP contribution in [0.2, 0.25) is 0 Å². The van der Waals surface area contributed by atoms with Crippen molar-refractivity contribution in [2.45, 2.75) is 90.3 Å². The lowest BCUT2D eigenvalue weighted by molar-refractivity contribution is -0.146. The number of carbonyl (C=O) groups excluding carboxylic acids is 3. The highest BCUT2D eigenvalue weighted by atomic mass is 16.3. The molecule has 3 amide bonds. The highest BCUT2D eigenvalue weighted by molar-refractivity contribution is 5.93. The number of aliphatic hydroxyl groups is 1. The summed E-state index contributed by atoms with van der Waals surface area (Å²) in [6, 6.07) is -1.09. The lowest BCUT2D eigenvalue weighted by Crippen LogP contribution is -2.56. The van der Waals surface area contributed by atoms with Crippen molar-refractivity contribution in [2.24, 2.45) is 11.8 Å². The van der Waals surface area contributed by atoms with Gasteiger partial charge in [0.05, 0.1) is 5.60 Å². The van der Waals surface area contributed by atoms with Gasteiger partial charge in [-0.05, 0) is 57.8 Å². The number of nitrogens with zero attached hydrogens (tertiary/aromatic N) is 2. The van der Waals surface area contributed by atoms with Gasteiger partial charge in [0.1, 0.15) is 12.1 Å². The van der Waals surface area contributed by atoms with E-state index >= 15 is 0 Å². The molecule has 2 rings (SSSR count). The summed E-state index contributed by atoms with van der Waals surface area (Å²) >= 11 is 0. The molecule has 4 atom stereocenters. The van der Waals surface area contributed by atoms with Gasteiger partial charge in [0, 0.05) is 26.1 Å². The van der Waals surface area contributed by atoms with E-state index in [0.717, 1.165) is 12.8 Å². The molecule has 7 nitrogen and oxygen atoms in total. The van der Waals surface area contributed by atoms with Crippen molar-refractivity contribution in [3.05, 3.63) is 0 Å². The summed E-state index contributed by atoms with van der Waals surface area (Å²) in [6.45, 7) is 8.64. The molecule has 2 heterocycles. The first kappa shape index (κ1) is 23.6. The molecule has 2 aliphatic heterocycles. The summed E-state index contributed by atoms with van der Waals surface area (Å²) in [6.07, 6.45) is 4.79. The van der Waals surface area contributed by atoms with Crippen LogP contribution in [0.1, 0.15) is 72.6 Å². The Hall–Kier alpha value is -1.63. The molecular weight excluding hydrogens is 370 g/mol. The minimum absolute atomic E-state index is 0.0511. The second-order valence-electron chi connectivity index (χ2n) is 9.57. The average Bonchev–Trinajstić information content (AvgIpc) is 3.12. The fourth-order valence-electron chi connectivity index (χ4n) is 4.38. The topological polar surface area (TPSA) is 89.9 Å². The molecule has 0 aliphatic carbocycles. The van der Waals surface area contributed by atoms with Gasteiger partial charge in [0.2, 0.25) is 17.7 Å². The maximum Gasteiger partial charge on any atom is 0.246 e. The number of likely N-dealkylation sites (N-methyl/N-ethyl adjacent to an activating group) is 1. The van der Waals surface area contributed by atoms with Gasteiger partial charge in [-0.2, -0.15) is 0 Å². The minimum Gasteiger partial charge on any atom is -0.390 e. The molecule has 0 radical (unpaired) electrons. The molecule has 0 aromatic rings. The summed E-state index contributed by atoms with van der Waals surface area (Å²) in [4.78, 5) is 42.3. The van der Waals surface area contributed by atoms with Gasteiger partial charge in [-0.3, -0.25) is 14.4 Å². The maximum atomic E-state index is 13.3. The third-order valence-electron chi connectivity index (χ3n) is 6.44. The normalized spacial score (nSPS) is 33.8. The van der Waals surface area contributed by atoms with Crippen LogP contribution in [0.3, 0.4) is 0 Å². The Kier molecular flexibility index (Phi) is 8.09. The molecule has 0 bridgehead atoms. The van der Waals surface area contributed by atoms with E-state index in [1.54, 1.807) is 16.8 Å². The lowest BCUT2D eigenvalue weighted by atomic mass is 9.91. The number of amides is 3. The SMILES string of the molecule is CC(C)[C@@H]1NC(=O)[C@H](C)CCC[C@](C)(O)CCCN(C)C(=O)[C@@H]2CCCN2C1=O. The van der Waals surface area contributed by atoms with E-state index in [2.05, 4.69) is 5.32 Å². The summed E-state index contributed by atoms with van der Waals surface area (Å²) < 4.78 is 0. The molecule has 2 saturated heterocycles. The van der Waals surface area contributed by atoms with Crippen LogP contribution in [0, 0.1) is 11.8 Å².